The second kappa shape index (κ2) is 4.71. The molecule has 16 heavy (non-hydrogen) atoms. The van der Waals surface area contributed by atoms with E-state index in [1.54, 1.807) is 12.1 Å². The van der Waals surface area contributed by atoms with Gasteiger partial charge >= 0.3 is 0 Å². The molecule has 0 unspecified atom stereocenters. The molecule has 2 heteroatoms. The zero-order valence-electron chi connectivity index (χ0n) is 9.14. The van der Waals surface area contributed by atoms with Gasteiger partial charge in [-0.25, -0.2) is 0 Å². The first kappa shape index (κ1) is 10.6. The van der Waals surface area contributed by atoms with Crippen LogP contribution >= 0.6 is 0 Å². The average molecular weight is 213 g/mol. The van der Waals surface area contributed by atoms with Crippen LogP contribution in [0.3, 0.4) is 0 Å². The van der Waals surface area contributed by atoms with E-state index in [1.807, 2.05) is 43.3 Å². The molecule has 0 aromatic heterocycles. The summed E-state index contributed by atoms with van der Waals surface area (Å²) < 4.78 is 5.37. The van der Waals surface area contributed by atoms with Gasteiger partial charge in [-0.05, 0) is 30.2 Å². The van der Waals surface area contributed by atoms with Crippen LogP contribution in [0.5, 0.6) is 11.5 Å². The maximum absolute atomic E-state index is 11.0. The lowest BCUT2D eigenvalue weighted by molar-refractivity contribution is -0.268. The van der Waals surface area contributed by atoms with Crippen molar-refractivity contribution in [2.45, 2.75) is 6.92 Å². The second-order valence-electron chi connectivity index (χ2n) is 3.48. The monoisotopic (exact) mass is 213 g/mol. The lowest BCUT2D eigenvalue weighted by Gasteiger charge is -2.07. The van der Waals surface area contributed by atoms with Crippen molar-refractivity contribution in [3.63, 3.8) is 0 Å². The molecule has 0 aliphatic rings. The van der Waals surface area contributed by atoms with Gasteiger partial charge in [-0.3, -0.25) is 0 Å². The van der Waals surface area contributed by atoms with Crippen LogP contribution in [-0.4, -0.2) is 6.61 Å². The summed E-state index contributed by atoms with van der Waals surface area (Å²) in [6.45, 7) is 2.63. The molecule has 0 saturated carbocycles. The molecule has 2 rings (SSSR count). The number of hydrogen-bond donors (Lipinski definition) is 0. The van der Waals surface area contributed by atoms with Gasteiger partial charge in [-0.2, -0.15) is 0 Å². The summed E-state index contributed by atoms with van der Waals surface area (Å²) in [5.41, 5.74) is 2.13. The van der Waals surface area contributed by atoms with E-state index in [1.165, 1.54) is 0 Å². The van der Waals surface area contributed by atoms with Gasteiger partial charge in [0, 0.05) is 0 Å². The summed E-state index contributed by atoms with van der Waals surface area (Å²) in [6, 6.07) is 14.7. The number of rotatable bonds is 3. The van der Waals surface area contributed by atoms with Gasteiger partial charge in [0.2, 0.25) is 0 Å². The van der Waals surface area contributed by atoms with E-state index in [2.05, 4.69) is 0 Å². The lowest BCUT2D eigenvalue weighted by atomic mass is 10.1. The highest BCUT2D eigenvalue weighted by Gasteiger charge is 1.97. The Hall–Kier alpha value is -1.96. The first-order valence-electron chi connectivity index (χ1n) is 5.30. The van der Waals surface area contributed by atoms with Crippen molar-refractivity contribution in [2.75, 3.05) is 6.61 Å². The molecule has 0 bridgehead atoms. The summed E-state index contributed by atoms with van der Waals surface area (Å²) in [5.74, 6) is 0.904. The van der Waals surface area contributed by atoms with Crippen LogP contribution in [0.25, 0.3) is 11.1 Å². The smallest absolute Gasteiger partial charge is 0.119 e. The summed E-state index contributed by atoms with van der Waals surface area (Å²) in [7, 11) is 0. The minimum atomic E-state index is 0.0367. The fourth-order valence-electron chi connectivity index (χ4n) is 1.56. The molecule has 2 aromatic carbocycles. The molecular weight excluding hydrogens is 200 g/mol. The normalized spacial score (nSPS) is 10.1. The molecule has 0 amide bonds. The van der Waals surface area contributed by atoms with E-state index in [4.69, 9.17) is 4.74 Å². The Bertz CT molecular complexity index is 443. The summed E-state index contributed by atoms with van der Waals surface area (Å²) in [6.07, 6.45) is 0. The number of ether oxygens (including phenoxy) is 1. The maximum Gasteiger partial charge on any atom is 0.119 e. The molecule has 0 N–H and O–H groups in total. The Labute approximate surface area is 95.1 Å². The molecule has 0 aliphatic carbocycles. The molecule has 0 radical (unpaired) electrons. The highest BCUT2D eigenvalue weighted by Crippen LogP contribution is 2.23. The summed E-state index contributed by atoms with van der Waals surface area (Å²) in [5, 5.41) is 11.0. The Morgan fingerprint density at radius 1 is 0.875 bits per heavy atom. The minimum Gasteiger partial charge on any atom is -0.872 e. The van der Waals surface area contributed by atoms with Crippen LogP contribution in [0.4, 0.5) is 0 Å². The molecule has 82 valence electrons. The largest absolute Gasteiger partial charge is 0.872 e. The quantitative estimate of drug-likeness (QED) is 0.785. The van der Waals surface area contributed by atoms with Crippen molar-refractivity contribution in [3.8, 4) is 22.6 Å². The number of benzene rings is 2. The van der Waals surface area contributed by atoms with Crippen molar-refractivity contribution >= 4 is 0 Å². The minimum absolute atomic E-state index is 0.0367. The molecule has 2 nitrogen and oxygen atoms in total. The fourth-order valence-corrected chi connectivity index (χ4v) is 1.56. The molecule has 0 atom stereocenters. The first-order valence-corrected chi connectivity index (χ1v) is 5.30. The van der Waals surface area contributed by atoms with E-state index < -0.39 is 0 Å². The second-order valence-corrected chi connectivity index (χ2v) is 3.48. The van der Waals surface area contributed by atoms with Crippen molar-refractivity contribution in [3.05, 3.63) is 48.5 Å². The van der Waals surface area contributed by atoms with E-state index in [9.17, 15) is 5.11 Å². The molecular formula is C14H13O2-. The summed E-state index contributed by atoms with van der Waals surface area (Å²) >= 11 is 0. The Kier molecular flexibility index (Phi) is 3.10. The first-order chi connectivity index (χ1) is 7.79. The number of hydrogen-bond acceptors (Lipinski definition) is 2. The maximum atomic E-state index is 11.0. The zero-order chi connectivity index (χ0) is 11.4. The third-order valence-electron chi connectivity index (χ3n) is 2.35. The zero-order valence-corrected chi connectivity index (χ0v) is 9.14. The molecule has 0 spiro atoms. The van der Waals surface area contributed by atoms with Crippen molar-refractivity contribution in [1.82, 2.24) is 0 Å². The predicted molar refractivity (Wildman–Crippen MR) is 62.5 cm³/mol. The molecule has 0 aliphatic heterocycles. The third kappa shape index (κ3) is 2.34. The van der Waals surface area contributed by atoms with Crippen LogP contribution in [0.2, 0.25) is 0 Å². The SMILES string of the molecule is CCOc1ccc(-c2ccc([O-])cc2)cc1. The van der Waals surface area contributed by atoms with Crippen molar-refractivity contribution < 1.29 is 9.84 Å². The van der Waals surface area contributed by atoms with Crippen LogP contribution in [0, 0.1) is 0 Å². The van der Waals surface area contributed by atoms with Gasteiger partial charge < -0.3 is 9.84 Å². The molecule has 0 saturated heterocycles. The Morgan fingerprint density at radius 3 is 1.88 bits per heavy atom. The van der Waals surface area contributed by atoms with E-state index >= 15 is 0 Å². The molecule has 2 aromatic rings. The standard InChI is InChI=1S/C14H14O2/c1-2-16-14-9-5-12(6-10-14)11-3-7-13(15)8-4-11/h3-10,15H,2H2,1H3/p-1. The highest BCUT2D eigenvalue weighted by atomic mass is 16.5. The van der Waals surface area contributed by atoms with Gasteiger partial charge in [0.25, 0.3) is 0 Å². The van der Waals surface area contributed by atoms with Crippen LogP contribution < -0.4 is 9.84 Å². The molecule has 0 fully saturated rings. The predicted octanol–water partition coefficient (Wildman–Crippen LogP) is 2.83. The highest BCUT2D eigenvalue weighted by molar-refractivity contribution is 5.64. The lowest BCUT2D eigenvalue weighted by Crippen LogP contribution is -1.91. The van der Waals surface area contributed by atoms with E-state index in [-0.39, 0.29) is 5.75 Å². The van der Waals surface area contributed by atoms with Crippen LogP contribution in [0.15, 0.2) is 48.5 Å². The van der Waals surface area contributed by atoms with Crippen molar-refractivity contribution in [2.24, 2.45) is 0 Å². The Morgan fingerprint density at radius 2 is 1.38 bits per heavy atom. The van der Waals surface area contributed by atoms with Gasteiger partial charge in [-0.15, -0.1) is 5.75 Å². The third-order valence-corrected chi connectivity index (χ3v) is 2.35. The summed E-state index contributed by atoms with van der Waals surface area (Å²) in [4.78, 5) is 0. The van der Waals surface area contributed by atoms with Crippen LogP contribution in [-0.2, 0) is 0 Å². The average Bonchev–Trinajstić information content (AvgIpc) is 2.32. The topological polar surface area (TPSA) is 32.3 Å². The molecule has 0 heterocycles. The Balaban J connectivity index is 2.24. The van der Waals surface area contributed by atoms with Crippen LogP contribution in [0.1, 0.15) is 6.92 Å². The van der Waals surface area contributed by atoms with Gasteiger partial charge in [-0.1, -0.05) is 36.4 Å². The van der Waals surface area contributed by atoms with Gasteiger partial charge in [0.1, 0.15) is 5.75 Å². The fraction of sp³-hybridized carbons (Fsp3) is 0.143. The van der Waals surface area contributed by atoms with Gasteiger partial charge in [0.05, 0.1) is 6.61 Å². The van der Waals surface area contributed by atoms with Crippen molar-refractivity contribution in [1.29, 1.82) is 0 Å². The van der Waals surface area contributed by atoms with E-state index in [0.717, 1.165) is 16.9 Å². The van der Waals surface area contributed by atoms with E-state index in [0.29, 0.717) is 6.61 Å². The van der Waals surface area contributed by atoms with Gasteiger partial charge in [0.15, 0.2) is 0 Å².